The van der Waals surface area contributed by atoms with Gasteiger partial charge < -0.3 is 5.11 Å². The van der Waals surface area contributed by atoms with Crippen LogP contribution in [-0.4, -0.2) is 46.1 Å². The van der Waals surface area contributed by atoms with Crippen molar-refractivity contribution in [3.05, 3.63) is 20.9 Å². The van der Waals surface area contributed by atoms with E-state index in [9.17, 15) is 8.42 Å². The lowest BCUT2D eigenvalue weighted by molar-refractivity contribution is 0.282. The topological polar surface area (TPSA) is 161 Å². The van der Waals surface area contributed by atoms with E-state index in [1.54, 1.807) is 0 Å². The van der Waals surface area contributed by atoms with Gasteiger partial charge in [0.2, 0.25) is 0 Å². The predicted octanol–water partition coefficient (Wildman–Crippen LogP) is 6.80. The summed E-state index contributed by atoms with van der Waals surface area (Å²) in [6, 6.07) is 0. The third kappa shape index (κ3) is 35.9. The molecule has 188 valence electrons. The summed E-state index contributed by atoms with van der Waals surface area (Å²) in [6.45, 7) is 1.86. The lowest BCUT2D eigenvalue weighted by Gasteiger charge is -2.02. The van der Waals surface area contributed by atoms with Crippen LogP contribution in [0.4, 0.5) is 0 Å². The van der Waals surface area contributed by atoms with Gasteiger partial charge in [0.15, 0.2) is 0 Å². The van der Waals surface area contributed by atoms with Crippen molar-refractivity contribution >= 4 is 10.1 Å². The van der Waals surface area contributed by atoms with E-state index >= 15 is 0 Å². The van der Waals surface area contributed by atoms with Crippen molar-refractivity contribution in [3.8, 4) is 0 Å². The molecule has 0 atom stereocenters. The SMILES string of the molecule is CS(=O)(=O)OCCCCCCCCCCN=[N+]=[N-].[N-]=[N+]=NCCCCCCCCCCO. The zero-order chi connectivity index (χ0) is 24.2. The van der Waals surface area contributed by atoms with Crippen molar-refractivity contribution in [1.82, 2.24) is 0 Å². The Hall–Kier alpha value is -1.51. The second kappa shape index (κ2) is 27.5. The third-order valence-corrected chi connectivity index (χ3v) is 5.34. The lowest BCUT2D eigenvalue weighted by atomic mass is 10.1. The molecule has 0 unspecified atom stereocenters. The summed E-state index contributed by atoms with van der Waals surface area (Å²) in [6.07, 6.45) is 18.9. The van der Waals surface area contributed by atoms with Crippen LogP contribution < -0.4 is 0 Å². The van der Waals surface area contributed by atoms with E-state index in [1.165, 1.54) is 51.4 Å². The minimum atomic E-state index is -3.27. The summed E-state index contributed by atoms with van der Waals surface area (Å²) in [5, 5.41) is 15.5. The fraction of sp³-hybridized carbons (Fsp3) is 1.00. The van der Waals surface area contributed by atoms with Gasteiger partial charge in [-0.3, -0.25) is 4.18 Å². The van der Waals surface area contributed by atoms with E-state index in [0.717, 1.165) is 57.6 Å². The molecule has 11 heteroatoms. The first-order valence-electron chi connectivity index (χ1n) is 11.9. The minimum absolute atomic E-state index is 0.297. The molecule has 0 spiro atoms. The van der Waals surface area contributed by atoms with Gasteiger partial charge in [-0.25, -0.2) is 0 Å². The highest BCUT2D eigenvalue weighted by Crippen LogP contribution is 2.09. The number of rotatable bonds is 22. The zero-order valence-corrected chi connectivity index (χ0v) is 20.7. The highest BCUT2D eigenvalue weighted by atomic mass is 32.2. The maximum Gasteiger partial charge on any atom is 0.264 e. The number of unbranched alkanes of at least 4 members (excludes halogenated alkanes) is 14. The van der Waals surface area contributed by atoms with E-state index < -0.39 is 10.1 Å². The average molecular weight is 477 g/mol. The molecular weight excluding hydrogens is 432 g/mol. The molecule has 0 saturated heterocycles. The highest BCUT2D eigenvalue weighted by molar-refractivity contribution is 7.85. The van der Waals surface area contributed by atoms with Crippen LogP contribution in [0.15, 0.2) is 10.2 Å². The number of hydrogen-bond acceptors (Lipinski definition) is 6. The minimum Gasteiger partial charge on any atom is -0.396 e. The molecule has 0 aliphatic rings. The van der Waals surface area contributed by atoms with E-state index in [-0.39, 0.29) is 0 Å². The molecule has 0 radical (unpaired) electrons. The first kappa shape index (κ1) is 32.7. The molecule has 0 heterocycles. The Labute approximate surface area is 194 Å². The lowest BCUT2D eigenvalue weighted by Crippen LogP contribution is -2.03. The molecule has 0 saturated carbocycles. The van der Waals surface area contributed by atoms with E-state index in [0.29, 0.717) is 26.3 Å². The van der Waals surface area contributed by atoms with E-state index in [4.69, 9.17) is 16.2 Å². The van der Waals surface area contributed by atoms with Crippen LogP contribution in [0.3, 0.4) is 0 Å². The summed E-state index contributed by atoms with van der Waals surface area (Å²) in [4.78, 5) is 5.40. The van der Waals surface area contributed by atoms with Gasteiger partial charge >= 0.3 is 0 Å². The first-order chi connectivity index (χ1) is 15.5. The molecule has 0 amide bonds. The van der Waals surface area contributed by atoms with Crippen LogP contribution in [0.25, 0.3) is 20.9 Å². The average Bonchev–Trinajstić information content (AvgIpc) is 2.75. The van der Waals surface area contributed by atoms with Gasteiger partial charge in [-0.05, 0) is 36.7 Å². The standard InChI is InChI=1S/C11H23N3O3S.C10H21N3O/c1-18(15,16)17-11-9-7-5-3-2-4-6-8-10-13-14-12;11-13-12-9-7-5-3-1-2-4-6-8-10-14/h2-11H2,1H3;14H,1-10H2. The molecule has 0 rings (SSSR count). The second-order valence-corrected chi connectivity index (χ2v) is 9.46. The van der Waals surface area contributed by atoms with Crippen molar-refractivity contribution in [3.63, 3.8) is 0 Å². The van der Waals surface area contributed by atoms with Crippen LogP contribution in [0.1, 0.15) is 103 Å². The van der Waals surface area contributed by atoms with Crippen molar-refractivity contribution in [1.29, 1.82) is 0 Å². The number of aliphatic hydroxyl groups excluding tert-OH is 1. The highest BCUT2D eigenvalue weighted by Gasteiger charge is 2.00. The van der Waals surface area contributed by atoms with Gasteiger partial charge in [0.25, 0.3) is 10.1 Å². The molecular formula is C21H44N6O4S. The third-order valence-electron chi connectivity index (χ3n) is 4.74. The normalized spacial score (nSPS) is 10.6. The Morgan fingerprint density at radius 2 is 1.00 bits per heavy atom. The molecule has 1 N–H and O–H groups in total. The summed E-state index contributed by atoms with van der Waals surface area (Å²) >= 11 is 0. The van der Waals surface area contributed by atoms with Crippen molar-refractivity contribution in [2.45, 2.75) is 103 Å². The number of hydrogen-bond donors (Lipinski definition) is 1. The number of azide groups is 2. The maximum atomic E-state index is 10.7. The molecule has 0 aliphatic heterocycles. The van der Waals surface area contributed by atoms with Gasteiger partial charge in [-0.1, -0.05) is 87.3 Å². The summed E-state index contributed by atoms with van der Waals surface area (Å²) < 4.78 is 26.0. The van der Waals surface area contributed by atoms with Crippen molar-refractivity contribution in [2.24, 2.45) is 10.2 Å². The predicted molar refractivity (Wildman–Crippen MR) is 130 cm³/mol. The summed E-state index contributed by atoms with van der Waals surface area (Å²) in [7, 11) is -3.27. The fourth-order valence-electron chi connectivity index (χ4n) is 3.00. The van der Waals surface area contributed by atoms with Crippen LogP contribution in [0.5, 0.6) is 0 Å². The van der Waals surface area contributed by atoms with Crippen LogP contribution in [0.2, 0.25) is 0 Å². The molecule has 0 aromatic carbocycles. The van der Waals surface area contributed by atoms with Gasteiger partial charge in [-0.2, -0.15) is 8.42 Å². The van der Waals surface area contributed by atoms with Gasteiger partial charge in [-0.15, -0.1) is 0 Å². The molecule has 32 heavy (non-hydrogen) atoms. The van der Waals surface area contributed by atoms with E-state index in [2.05, 4.69) is 24.2 Å². The zero-order valence-electron chi connectivity index (χ0n) is 19.9. The van der Waals surface area contributed by atoms with Crippen LogP contribution >= 0.6 is 0 Å². The smallest absolute Gasteiger partial charge is 0.264 e. The van der Waals surface area contributed by atoms with Crippen LogP contribution in [-0.2, 0) is 14.3 Å². The maximum absolute atomic E-state index is 10.7. The summed E-state index contributed by atoms with van der Waals surface area (Å²) in [5.74, 6) is 0. The van der Waals surface area contributed by atoms with Gasteiger partial charge in [0.05, 0.1) is 12.9 Å². The quantitative estimate of drug-likeness (QED) is 0.0597. The number of aliphatic hydroxyl groups is 1. The monoisotopic (exact) mass is 476 g/mol. The Morgan fingerprint density at radius 1 is 0.656 bits per heavy atom. The Bertz CT molecular complexity index is 591. The Balaban J connectivity index is 0. The molecule has 0 aromatic heterocycles. The Kier molecular flexibility index (Phi) is 28.1. The molecule has 0 aromatic rings. The fourth-order valence-corrected chi connectivity index (χ4v) is 3.42. The molecule has 0 aliphatic carbocycles. The van der Waals surface area contributed by atoms with E-state index in [1.807, 2.05) is 0 Å². The first-order valence-corrected chi connectivity index (χ1v) is 13.8. The molecule has 0 bridgehead atoms. The number of nitrogens with zero attached hydrogens (tertiary/aromatic N) is 6. The van der Waals surface area contributed by atoms with Gasteiger partial charge in [0, 0.05) is 29.5 Å². The molecule has 0 fully saturated rings. The van der Waals surface area contributed by atoms with Crippen molar-refractivity contribution < 1.29 is 17.7 Å². The Morgan fingerprint density at radius 3 is 1.34 bits per heavy atom. The van der Waals surface area contributed by atoms with Crippen molar-refractivity contribution in [2.75, 3.05) is 32.6 Å². The largest absolute Gasteiger partial charge is 0.396 e. The second-order valence-electron chi connectivity index (χ2n) is 7.82. The molecule has 10 nitrogen and oxygen atoms in total. The van der Waals surface area contributed by atoms with Crippen LogP contribution in [0, 0.1) is 0 Å². The van der Waals surface area contributed by atoms with Gasteiger partial charge in [0.1, 0.15) is 0 Å². The summed E-state index contributed by atoms with van der Waals surface area (Å²) in [5.41, 5.74) is 16.1.